The zero-order valence-electron chi connectivity index (χ0n) is 9.82. The summed E-state index contributed by atoms with van der Waals surface area (Å²) >= 11 is 0. The standard InChI is InChI=1S/2C6H14/c1-4-5-6(2)3;1-3-5-6-4-2/h6H,4-5H2,1-3H3;3-6H2,1-2H3. The number of unbranched alkanes of at least 4 members (excludes halogenated alkanes) is 3. The summed E-state index contributed by atoms with van der Waals surface area (Å²) < 4.78 is 0. The van der Waals surface area contributed by atoms with Gasteiger partial charge in [0.15, 0.2) is 0 Å². The quantitative estimate of drug-likeness (QED) is 0.510. The maximum Gasteiger partial charge on any atom is -0.0471 e. The maximum atomic E-state index is 2.25. The third-order valence-electron chi connectivity index (χ3n) is 1.82. The van der Waals surface area contributed by atoms with Crippen molar-refractivity contribution >= 4 is 0 Å². The molecule has 0 aliphatic rings. The number of rotatable bonds is 5. The molecule has 0 unspecified atom stereocenters. The monoisotopic (exact) mass is 172 g/mol. The molecule has 0 bridgehead atoms. The lowest BCUT2D eigenvalue weighted by Crippen LogP contribution is -1.81. The molecule has 0 aromatic carbocycles. The fourth-order valence-corrected chi connectivity index (χ4v) is 1.08. The van der Waals surface area contributed by atoms with Crippen LogP contribution in [0.3, 0.4) is 0 Å². The summed E-state index contributed by atoms with van der Waals surface area (Å²) in [5.74, 6) is 0.898. The summed E-state index contributed by atoms with van der Waals surface area (Å²) in [6.07, 6.45) is 8.24. The highest BCUT2D eigenvalue weighted by atomic mass is 13.9. The van der Waals surface area contributed by atoms with Crippen LogP contribution in [0.2, 0.25) is 0 Å². The third-order valence-corrected chi connectivity index (χ3v) is 1.82. The van der Waals surface area contributed by atoms with Gasteiger partial charge in [-0.3, -0.25) is 0 Å². The molecule has 0 fully saturated rings. The summed E-state index contributed by atoms with van der Waals surface area (Å²) in [5, 5.41) is 0. The molecular formula is C12H28. The normalized spacial score (nSPS) is 9.50. The molecule has 0 atom stereocenters. The van der Waals surface area contributed by atoms with Crippen molar-refractivity contribution in [3.63, 3.8) is 0 Å². The van der Waals surface area contributed by atoms with Crippen LogP contribution in [0.5, 0.6) is 0 Å². The predicted octanol–water partition coefficient (Wildman–Crippen LogP) is 5.03. The second kappa shape index (κ2) is 13.6. The lowest BCUT2D eigenvalue weighted by atomic mass is 10.1. The molecule has 12 heavy (non-hydrogen) atoms. The molecule has 0 nitrogen and oxygen atoms in total. The zero-order valence-corrected chi connectivity index (χ0v) is 9.82. The van der Waals surface area contributed by atoms with Gasteiger partial charge in [0.2, 0.25) is 0 Å². The van der Waals surface area contributed by atoms with Crippen LogP contribution in [0.15, 0.2) is 0 Å². The van der Waals surface area contributed by atoms with Gasteiger partial charge in [0, 0.05) is 0 Å². The Labute approximate surface area is 79.8 Å². The Morgan fingerprint density at radius 2 is 1.17 bits per heavy atom. The first kappa shape index (κ1) is 14.5. The van der Waals surface area contributed by atoms with Gasteiger partial charge in [0.1, 0.15) is 0 Å². The molecule has 0 aliphatic carbocycles. The van der Waals surface area contributed by atoms with Gasteiger partial charge in [0.05, 0.1) is 0 Å². The fraction of sp³-hybridized carbons (Fsp3) is 1.00. The van der Waals surface area contributed by atoms with Gasteiger partial charge in [-0.25, -0.2) is 0 Å². The largest absolute Gasteiger partial charge is 0.0654 e. The fourth-order valence-electron chi connectivity index (χ4n) is 1.08. The SMILES string of the molecule is CCCC(C)C.CCCCCC. The Bertz CT molecular complexity index is 51.1. The molecule has 0 radical (unpaired) electrons. The van der Waals surface area contributed by atoms with E-state index >= 15 is 0 Å². The molecule has 0 spiro atoms. The molecule has 0 heteroatoms. The minimum absolute atomic E-state index is 0.898. The van der Waals surface area contributed by atoms with Gasteiger partial charge in [-0.05, 0) is 5.92 Å². The molecule has 0 aromatic rings. The van der Waals surface area contributed by atoms with Crippen molar-refractivity contribution in [1.29, 1.82) is 0 Å². The van der Waals surface area contributed by atoms with Gasteiger partial charge in [-0.15, -0.1) is 0 Å². The van der Waals surface area contributed by atoms with E-state index < -0.39 is 0 Å². The van der Waals surface area contributed by atoms with E-state index in [0.29, 0.717) is 0 Å². The first-order valence-electron chi connectivity index (χ1n) is 5.68. The maximum absolute atomic E-state index is 2.25. The third kappa shape index (κ3) is 22.5. The van der Waals surface area contributed by atoms with Crippen molar-refractivity contribution in [2.24, 2.45) is 5.92 Å². The average molecular weight is 172 g/mol. The van der Waals surface area contributed by atoms with Gasteiger partial charge < -0.3 is 0 Å². The van der Waals surface area contributed by atoms with Crippen LogP contribution in [0.1, 0.15) is 73.1 Å². The van der Waals surface area contributed by atoms with E-state index in [2.05, 4.69) is 34.6 Å². The van der Waals surface area contributed by atoms with Gasteiger partial charge in [-0.1, -0.05) is 73.1 Å². The molecular weight excluding hydrogens is 144 g/mol. The van der Waals surface area contributed by atoms with Gasteiger partial charge in [-0.2, -0.15) is 0 Å². The summed E-state index contributed by atoms with van der Waals surface area (Å²) in [7, 11) is 0. The lowest BCUT2D eigenvalue weighted by Gasteiger charge is -1.95. The van der Waals surface area contributed by atoms with E-state index in [4.69, 9.17) is 0 Å². The van der Waals surface area contributed by atoms with E-state index in [1.807, 2.05) is 0 Å². The van der Waals surface area contributed by atoms with Crippen LogP contribution < -0.4 is 0 Å². The van der Waals surface area contributed by atoms with E-state index in [1.165, 1.54) is 38.5 Å². The molecule has 0 amide bonds. The first-order chi connectivity index (χ1) is 5.68. The smallest absolute Gasteiger partial charge is 0.0471 e. The lowest BCUT2D eigenvalue weighted by molar-refractivity contribution is 0.576. The van der Waals surface area contributed by atoms with Crippen molar-refractivity contribution in [2.45, 2.75) is 73.1 Å². The van der Waals surface area contributed by atoms with Crippen molar-refractivity contribution in [3.8, 4) is 0 Å². The summed E-state index contributed by atoms with van der Waals surface area (Å²) in [5.41, 5.74) is 0. The Kier molecular flexibility index (Phi) is 16.4. The second-order valence-corrected chi connectivity index (χ2v) is 3.89. The molecule has 76 valence electrons. The second-order valence-electron chi connectivity index (χ2n) is 3.89. The molecule has 0 N–H and O–H groups in total. The van der Waals surface area contributed by atoms with Crippen LogP contribution in [0.4, 0.5) is 0 Å². The Morgan fingerprint density at radius 1 is 0.750 bits per heavy atom. The number of hydrogen-bond acceptors (Lipinski definition) is 0. The van der Waals surface area contributed by atoms with Gasteiger partial charge in [0.25, 0.3) is 0 Å². The Hall–Kier alpha value is 0. The van der Waals surface area contributed by atoms with Crippen molar-refractivity contribution in [1.82, 2.24) is 0 Å². The van der Waals surface area contributed by atoms with Crippen LogP contribution in [0.25, 0.3) is 0 Å². The van der Waals surface area contributed by atoms with Crippen LogP contribution in [0, 0.1) is 5.92 Å². The van der Waals surface area contributed by atoms with E-state index in [-0.39, 0.29) is 0 Å². The van der Waals surface area contributed by atoms with Crippen LogP contribution in [-0.4, -0.2) is 0 Å². The average Bonchev–Trinajstić information content (AvgIpc) is 2.02. The summed E-state index contributed by atoms with van der Waals surface area (Å²) in [6.45, 7) is 11.2. The van der Waals surface area contributed by atoms with Crippen molar-refractivity contribution in [2.75, 3.05) is 0 Å². The molecule has 0 saturated heterocycles. The number of hydrogen-bond donors (Lipinski definition) is 0. The highest BCUT2D eigenvalue weighted by Gasteiger charge is 1.85. The van der Waals surface area contributed by atoms with Crippen LogP contribution >= 0.6 is 0 Å². The molecule has 0 aliphatic heterocycles. The van der Waals surface area contributed by atoms with Gasteiger partial charge >= 0.3 is 0 Å². The Morgan fingerprint density at radius 3 is 1.25 bits per heavy atom. The van der Waals surface area contributed by atoms with E-state index in [9.17, 15) is 0 Å². The predicted molar refractivity (Wildman–Crippen MR) is 59.6 cm³/mol. The summed E-state index contributed by atoms with van der Waals surface area (Å²) in [4.78, 5) is 0. The minimum atomic E-state index is 0.898. The van der Waals surface area contributed by atoms with E-state index in [0.717, 1.165) is 5.92 Å². The molecule has 0 aromatic heterocycles. The minimum Gasteiger partial charge on any atom is -0.0654 e. The van der Waals surface area contributed by atoms with E-state index in [1.54, 1.807) is 0 Å². The molecule has 0 saturated carbocycles. The highest BCUT2D eigenvalue weighted by Crippen LogP contribution is 2.00. The zero-order chi connectivity index (χ0) is 9.82. The first-order valence-corrected chi connectivity index (χ1v) is 5.68. The highest BCUT2D eigenvalue weighted by molar-refractivity contribution is 4.38. The van der Waals surface area contributed by atoms with Crippen LogP contribution in [-0.2, 0) is 0 Å². The molecule has 0 rings (SSSR count). The topological polar surface area (TPSA) is 0 Å². The Balaban J connectivity index is 0. The molecule has 0 heterocycles. The van der Waals surface area contributed by atoms with Crippen molar-refractivity contribution in [3.05, 3.63) is 0 Å². The van der Waals surface area contributed by atoms with Crippen molar-refractivity contribution < 1.29 is 0 Å². The summed E-state index contributed by atoms with van der Waals surface area (Å²) in [6, 6.07) is 0.